The molecule has 10 heteroatoms. The SMILES string of the molecule is COc1ccc(N=C(C=O)C(CCN(C)c2ccc(N3CCCCC3=O)cc2)=C(N)C(=O)NC=O)cc1. The van der Waals surface area contributed by atoms with E-state index < -0.39 is 5.91 Å². The topological polar surface area (TPSA) is 134 Å². The van der Waals surface area contributed by atoms with Crippen LogP contribution in [0, 0.1) is 0 Å². The van der Waals surface area contributed by atoms with Gasteiger partial charge in [0.05, 0.1) is 12.8 Å². The molecule has 0 spiro atoms. The second kappa shape index (κ2) is 13.0. The van der Waals surface area contributed by atoms with E-state index in [0.717, 1.165) is 24.2 Å². The fourth-order valence-corrected chi connectivity index (χ4v) is 4.00. The molecule has 1 fully saturated rings. The van der Waals surface area contributed by atoms with Gasteiger partial charge in [-0.25, -0.2) is 4.99 Å². The van der Waals surface area contributed by atoms with Crippen LogP contribution in [0.25, 0.3) is 0 Å². The highest BCUT2D eigenvalue weighted by molar-refractivity contribution is 6.38. The summed E-state index contributed by atoms with van der Waals surface area (Å²) in [6, 6.07) is 14.4. The molecule has 37 heavy (non-hydrogen) atoms. The minimum Gasteiger partial charge on any atom is -0.497 e. The minimum atomic E-state index is -0.813. The lowest BCUT2D eigenvalue weighted by Gasteiger charge is -2.27. The maximum Gasteiger partial charge on any atom is 0.273 e. The molecule has 1 aliphatic rings. The Morgan fingerprint density at radius 2 is 1.84 bits per heavy atom. The van der Waals surface area contributed by atoms with Crippen molar-refractivity contribution in [3.8, 4) is 5.75 Å². The molecule has 2 aromatic carbocycles. The molecule has 10 nitrogen and oxygen atoms in total. The Balaban J connectivity index is 1.81. The van der Waals surface area contributed by atoms with Crippen LogP contribution in [0.15, 0.2) is 64.8 Å². The molecule has 3 N–H and O–H groups in total. The Bertz CT molecular complexity index is 1190. The quantitative estimate of drug-likeness (QED) is 0.272. The fraction of sp³-hybridized carbons (Fsp3) is 0.296. The molecule has 0 aromatic heterocycles. The van der Waals surface area contributed by atoms with Crippen molar-refractivity contribution in [1.82, 2.24) is 5.32 Å². The summed E-state index contributed by atoms with van der Waals surface area (Å²) in [4.78, 5) is 55.4. The predicted octanol–water partition coefficient (Wildman–Crippen LogP) is 2.50. The fourth-order valence-electron chi connectivity index (χ4n) is 4.00. The van der Waals surface area contributed by atoms with E-state index in [1.54, 1.807) is 36.3 Å². The molecule has 3 rings (SSSR count). The van der Waals surface area contributed by atoms with E-state index in [2.05, 4.69) is 4.99 Å². The number of hydrogen-bond acceptors (Lipinski definition) is 8. The first-order chi connectivity index (χ1) is 17.9. The van der Waals surface area contributed by atoms with E-state index in [1.807, 2.05) is 41.5 Å². The second-order valence-electron chi connectivity index (χ2n) is 8.49. The van der Waals surface area contributed by atoms with Gasteiger partial charge in [-0.3, -0.25) is 24.5 Å². The Hall–Kier alpha value is -4.47. The Labute approximate surface area is 215 Å². The Kier molecular flexibility index (Phi) is 9.54. The molecule has 1 aliphatic heterocycles. The number of nitrogens with two attached hydrogens (primary N) is 1. The molecule has 0 aliphatic carbocycles. The van der Waals surface area contributed by atoms with Gasteiger partial charge in [-0.1, -0.05) is 0 Å². The van der Waals surface area contributed by atoms with E-state index in [1.165, 1.54) is 0 Å². The number of piperidine rings is 1. The van der Waals surface area contributed by atoms with Gasteiger partial charge in [0.2, 0.25) is 12.3 Å². The molecule has 0 saturated carbocycles. The van der Waals surface area contributed by atoms with Crippen molar-refractivity contribution >= 4 is 47.3 Å². The zero-order valence-electron chi connectivity index (χ0n) is 21.0. The summed E-state index contributed by atoms with van der Waals surface area (Å²) < 4.78 is 5.14. The average Bonchev–Trinajstić information content (AvgIpc) is 2.93. The predicted molar refractivity (Wildman–Crippen MR) is 142 cm³/mol. The number of aldehydes is 1. The lowest BCUT2D eigenvalue weighted by molar-refractivity contribution is -0.122. The van der Waals surface area contributed by atoms with Gasteiger partial charge >= 0.3 is 0 Å². The van der Waals surface area contributed by atoms with Gasteiger partial charge in [0.15, 0.2) is 6.29 Å². The monoisotopic (exact) mass is 505 g/mol. The van der Waals surface area contributed by atoms with Crippen molar-refractivity contribution in [3.63, 3.8) is 0 Å². The van der Waals surface area contributed by atoms with E-state index >= 15 is 0 Å². The maximum absolute atomic E-state index is 12.3. The Morgan fingerprint density at radius 1 is 1.14 bits per heavy atom. The molecular formula is C27H31N5O5. The highest BCUT2D eigenvalue weighted by Crippen LogP contribution is 2.25. The van der Waals surface area contributed by atoms with Crippen LogP contribution in [0.4, 0.5) is 17.1 Å². The molecule has 0 atom stereocenters. The van der Waals surface area contributed by atoms with Gasteiger partial charge in [0, 0.05) is 43.5 Å². The number of nitrogens with zero attached hydrogens (tertiary/aromatic N) is 3. The zero-order valence-corrected chi connectivity index (χ0v) is 21.0. The number of carbonyl (C=O) groups excluding carboxylic acids is 4. The summed E-state index contributed by atoms with van der Waals surface area (Å²) in [5.74, 6) is -0.0548. The summed E-state index contributed by atoms with van der Waals surface area (Å²) in [5, 5.41) is 2.01. The van der Waals surface area contributed by atoms with Gasteiger partial charge in [-0.05, 0) is 67.8 Å². The van der Waals surface area contributed by atoms with Crippen LogP contribution >= 0.6 is 0 Å². The molecule has 0 radical (unpaired) electrons. The largest absolute Gasteiger partial charge is 0.497 e. The molecule has 194 valence electrons. The van der Waals surface area contributed by atoms with Crippen LogP contribution in [0.5, 0.6) is 5.75 Å². The van der Waals surface area contributed by atoms with Crippen molar-refractivity contribution in [2.45, 2.75) is 25.7 Å². The smallest absolute Gasteiger partial charge is 0.273 e. The second-order valence-corrected chi connectivity index (χ2v) is 8.49. The summed E-state index contributed by atoms with van der Waals surface area (Å²) in [6.07, 6.45) is 3.44. The third-order valence-corrected chi connectivity index (χ3v) is 6.13. The summed E-state index contributed by atoms with van der Waals surface area (Å²) in [5.41, 5.74) is 8.19. The number of ether oxygens (including phenoxy) is 1. The van der Waals surface area contributed by atoms with Gasteiger partial charge < -0.3 is 20.3 Å². The van der Waals surface area contributed by atoms with E-state index in [0.29, 0.717) is 37.2 Å². The van der Waals surface area contributed by atoms with Crippen LogP contribution in [0.3, 0.4) is 0 Å². The van der Waals surface area contributed by atoms with Crippen molar-refractivity contribution < 1.29 is 23.9 Å². The van der Waals surface area contributed by atoms with E-state index in [4.69, 9.17) is 10.5 Å². The van der Waals surface area contributed by atoms with Crippen molar-refractivity contribution in [3.05, 3.63) is 59.8 Å². The van der Waals surface area contributed by atoms with Gasteiger partial charge in [0.25, 0.3) is 5.91 Å². The normalized spacial score (nSPS) is 14.5. The van der Waals surface area contributed by atoms with Crippen LogP contribution < -0.4 is 25.6 Å². The van der Waals surface area contributed by atoms with Gasteiger partial charge in [0.1, 0.15) is 17.2 Å². The standard InChI is InChI=1S/C27H31N5O5/c1-31(20-8-10-21(11-9-20)32-15-4-3-5-25(32)35)16-14-23(26(28)27(36)29-18-34)24(17-33)30-19-6-12-22(37-2)13-7-19/h6-13,17-18H,3-5,14-16,28H2,1-2H3,(H,29,34,36). The number of hydrogen-bond donors (Lipinski definition) is 2. The van der Waals surface area contributed by atoms with Crippen molar-refractivity contribution in [2.24, 2.45) is 10.7 Å². The van der Waals surface area contributed by atoms with Crippen LogP contribution in [0.1, 0.15) is 25.7 Å². The number of methoxy groups -OCH3 is 1. The van der Waals surface area contributed by atoms with E-state index in [9.17, 15) is 19.2 Å². The van der Waals surface area contributed by atoms with Crippen LogP contribution in [-0.4, -0.2) is 57.5 Å². The number of carbonyl (C=O) groups is 4. The van der Waals surface area contributed by atoms with Crippen molar-refractivity contribution in [1.29, 1.82) is 0 Å². The third kappa shape index (κ3) is 7.03. The van der Waals surface area contributed by atoms with Crippen LogP contribution in [0.2, 0.25) is 0 Å². The molecule has 1 heterocycles. The van der Waals surface area contributed by atoms with Gasteiger partial charge in [-0.15, -0.1) is 0 Å². The summed E-state index contributed by atoms with van der Waals surface area (Å²) in [6.45, 7) is 1.11. The molecule has 0 unspecified atom stereocenters. The zero-order chi connectivity index (χ0) is 26.8. The number of rotatable bonds is 11. The number of imide groups is 1. The number of anilines is 2. The first-order valence-electron chi connectivity index (χ1n) is 11.9. The maximum atomic E-state index is 12.3. The summed E-state index contributed by atoms with van der Waals surface area (Å²) in [7, 11) is 3.40. The van der Waals surface area contributed by atoms with Gasteiger partial charge in [-0.2, -0.15) is 0 Å². The first kappa shape index (κ1) is 27.1. The van der Waals surface area contributed by atoms with E-state index in [-0.39, 0.29) is 35.7 Å². The molecule has 3 amide bonds. The molecule has 0 bridgehead atoms. The number of benzene rings is 2. The molecule has 1 saturated heterocycles. The highest BCUT2D eigenvalue weighted by Gasteiger charge is 2.20. The first-order valence-corrected chi connectivity index (χ1v) is 11.9. The number of aliphatic imine (C=N–C) groups is 1. The minimum absolute atomic E-state index is 0.0175. The lowest BCUT2D eigenvalue weighted by atomic mass is 10.0. The van der Waals surface area contributed by atoms with Crippen molar-refractivity contribution in [2.75, 3.05) is 37.0 Å². The number of amides is 3. The third-order valence-electron chi connectivity index (χ3n) is 6.13. The average molecular weight is 506 g/mol. The lowest BCUT2D eigenvalue weighted by Crippen LogP contribution is -2.35. The Morgan fingerprint density at radius 3 is 2.43 bits per heavy atom. The molecule has 2 aromatic rings. The highest BCUT2D eigenvalue weighted by atomic mass is 16.5. The van der Waals surface area contributed by atoms with Crippen LogP contribution in [-0.2, 0) is 19.2 Å². The number of nitrogens with one attached hydrogen (secondary N) is 1. The molecular weight excluding hydrogens is 474 g/mol. The summed E-state index contributed by atoms with van der Waals surface area (Å²) >= 11 is 0.